The standard InChI is InChI=1S/C11H15N3O3S/c12-9-5-8(6-10(7-9)18(13,16)17)11(15)14-3-1-2-4-14/h5-7H,1-4,12H2,(H2,13,16,17). The third-order valence-corrected chi connectivity index (χ3v) is 3.79. The van der Waals surface area contributed by atoms with E-state index in [1.165, 1.54) is 18.2 Å². The van der Waals surface area contributed by atoms with Gasteiger partial charge >= 0.3 is 0 Å². The van der Waals surface area contributed by atoms with Crippen molar-refractivity contribution < 1.29 is 13.2 Å². The minimum atomic E-state index is -3.86. The average molecular weight is 269 g/mol. The molecule has 7 heteroatoms. The zero-order valence-corrected chi connectivity index (χ0v) is 10.6. The molecular weight excluding hydrogens is 254 g/mol. The molecule has 0 aromatic heterocycles. The summed E-state index contributed by atoms with van der Waals surface area (Å²) in [6.45, 7) is 1.39. The maximum atomic E-state index is 12.1. The summed E-state index contributed by atoms with van der Waals surface area (Å²) in [6, 6.07) is 3.98. The van der Waals surface area contributed by atoms with Crippen molar-refractivity contribution in [1.29, 1.82) is 0 Å². The van der Waals surface area contributed by atoms with E-state index in [-0.39, 0.29) is 22.1 Å². The fraction of sp³-hybridized carbons (Fsp3) is 0.364. The number of nitrogen functional groups attached to an aromatic ring is 1. The van der Waals surface area contributed by atoms with Gasteiger partial charge in [-0.15, -0.1) is 0 Å². The molecule has 0 saturated carbocycles. The number of benzene rings is 1. The first-order valence-corrected chi connectivity index (χ1v) is 7.15. The number of carbonyl (C=O) groups excluding carboxylic acids is 1. The Hall–Kier alpha value is -1.60. The van der Waals surface area contributed by atoms with E-state index in [1.54, 1.807) is 4.90 Å². The van der Waals surface area contributed by atoms with Crippen LogP contribution in [0.1, 0.15) is 23.2 Å². The van der Waals surface area contributed by atoms with Crippen LogP contribution in [-0.2, 0) is 10.0 Å². The van der Waals surface area contributed by atoms with E-state index in [1.807, 2.05) is 0 Å². The summed E-state index contributed by atoms with van der Waals surface area (Å²) in [5, 5.41) is 5.04. The van der Waals surface area contributed by atoms with Gasteiger partial charge in [0.05, 0.1) is 4.90 Å². The van der Waals surface area contributed by atoms with Crippen LogP contribution < -0.4 is 10.9 Å². The maximum Gasteiger partial charge on any atom is 0.253 e. The van der Waals surface area contributed by atoms with E-state index in [9.17, 15) is 13.2 Å². The fourth-order valence-electron chi connectivity index (χ4n) is 2.01. The van der Waals surface area contributed by atoms with E-state index in [0.29, 0.717) is 13.1 Å². The number of anilines is 1. The molecule has 6 nitrogen and oxygen atoms in total. The summed E-state index contributed by atoms with van der Waals surface area (Å²) >= 11 is 0. The molecule has 0 unspecified atom stereocenters. The normalized spacial score (nSPS) is 15.9. The molecule has 0 atom stereocenters. The lowest BCUT2D eigenvalue weighted by Crippen LogP contribution is -2.28. The van der Waals surface area contributed by atoms with Gasteiger partial charge < -0.3 is 10.6 Å². The van der Waals surface area contributed by atoms with Crippen LogP contribution in [0, 0.1) is 0 Å². The first kappa shape index (κ1) is 12.8. The van der Waals surface area contributed by atoms with Crippen molar-refractivity contribution >= 4 is 21.6 Å². The van der Waals surface area contributed by atoms with Crippen LogP contribution in [0.5, 0.6) is 0 Å². The number of likely N-dealkylation sites (tertiary alicyclic amines) is 1. The van der Waals surface area contributed by atoms with E-state index in [2.05, 4.69) is 0 Å². The van der Waals surface area contributed by atoms with E-state index in [0.717, 1.165) is 12.8 Å². The van der Waals surface area contributed by atoms with Crippen molar-refractivity contribution in [3.63, 3.8) is 0 Å². The predicted molar refractivity (Wildman–Crippen MR) is 67.4 cm³/mol. The lowest BCUT2D eigenvalue weighted by atomic mass is 10.2. The first-order chi connectivity index (χ1) is 8.38. The zero-order chi connectivity index (χ0) is 13.3. The van der Waals surface area contributed by atoms with E-state index >= 15 is 0 Å². The maximum absolute atomic E-state index is 12.1. The van der Waals surface area contributed by atoms with Crippen molar-refractivity contribution in [3.8, 4) is 0 Å². The molecule has 1 heterocycles. The van der Waals surface area contributed by atoms with Gasteiger partial charge in [-0.2, -0.15) is 0 Å². The van der Waals surface area contributed by atoms with Gasteiger partial charge in [-0.25, -0.2) is 13.6 Å². The highest BCUT2D eigenvalue weighted by molar-refractivity contribution is 7.89. The summed E-state index contributed by atoms with van der Waals surface area (Å²) in [5.74, 6) is -0.204. The van der Waals surface area contributed by atoms with Crippen molar-refractivity contribution in [1.82, 2.24) is 4.90 Å². The Bertz CT molecular complexity index is 577. The molecule has 1 aliphatic rings. The molecule has 1 aromatic rings. The highest BCUT2D eigenvalue weighted by atomic mass is 32.2. The zero-order valence-electron chi connectivity index (χ0n) is 9.80. The number of amides is 1. The topological polar surface area (TPSA) is 106 Å². The molecule has 0 bridgehead atoms. The van der Waals surface area contributed by atoms with Crippen molar-refractivity contribution in [2.75, 3.05) is 18.8 Å². The second-order valence-electron chi connectivity index (χ2n) is 4.34. The van der Waals surface area contributed by atoms with Gasteiger partial charge in [0.1, 0.15) is 0 Å². The summed E-state index contributed by atoms with van der Waals surface area (Å²) in [7, 11) is -3.86. The molecular formula is C11H15N3O3S. The molecule has 1 fully saturated rings. The minimum Gasteiger partial charge on any atom is -0.399 e. The molecule has 0 aliphatic carbocycles. The third-order valence-electron chi connectivity index (χ3n) is 2.90. The Morgan fingerprint density at radius 2 is 1.78 bits per heavy atom. The number of hydrogen-bond acceptors (Lipinski definition) is 4. The summed E-state index contributed by atoms with van der Waals surface area (Å²) in [6.07, 6.45) is 1.94. The molecule has 1 saturated heterocycles. The number of sulfonamides is 1. The van der Waals surface area contributed by atoms with Gasteiger partial charge in [0, 0.05) is 24.3 Å². The Balaban J connectivity index is 2.39. The number of rotatable bonds is 2. The SMILES string of the molecule is Nc1cc(C(=O)N2CCCC2)cc(S(N)(=O)=O)c1. The highest BCUT2D eigenvalue weighted by Gasteiger charge is 2.21. The second kappa shape index (κ2) is 4.58. The quantitative estimate of drug-likeness (QED) is 0.745. The monoisotopic (exact) mass is 269 g/mol. The number of hydrogen-bond donors (Lipinski definition) is 2. The Morgan fingerprint density at radius 1 is 1.17 bits per heavy atom. The summed E-state index contributed by atoms with van der Waals surface area (Å²) < 4.78 is 22.6. The molecule has 0 radical (unpaired) electrons. The van der Waals surface area contributed by atoms with Gasteiger partial charge in [0.2, 0.25) is 10.0 Å². The van der Waals surface area contributed by atoms with Gasteiger partial charge in [0.25, 0.3) is 5.91 Å². The second-order valence-corrected chi connectivity index (χ2v) is 5.90. The van der Waals surface area contributed by atoms with Gasteiger partial charge in [-0.05, 0) is 31.0 Å². The van der Waals surface area contributed by atoms with Crippen molar-refractivity contribution in [2.45, 2.75) is 17.7 Å². The van der Waals surface area contributed by atoms with Crippen LogP contribution >= 0.6 is 0 Å². The first-order valence-electron chi connectivity index (χ1n) is 5.60. The largest absolute Gasteiger partial charge is 0.399 e. The van der Waals surface area contributed by atoms with Crippen molar-refractivity contribution in [2.24, 2.45) is 5.14 Å². The van der Waals surface area contributed by atoms with E-state index < -0.39 is 10.0 Å². The molecule has 2 rings (SSSR count). The molecule has 98 valence electrons. The van der Waals surface area contributed by atoms with Crippen LogP contribution in [-0.4, -0.2) is 32.3 Å². The molecule has 1 aliphatic heterocycles. The predicted octanol–water partition coefficient (Wildman–Crippen LogP) is 0.152. The number of primary sulfonamides is 1. The highest BCUT2D eigenvalue weighted by Crippen LogP contribution is 2.19. The van der Waals surface area contributed by atoms with Crippen LogP contribution in [0.15, 0.2) is 23.1 Å². The molecule has 1 amide bonds. The molecule has 18 heavy (non-hydrogen) atoms. The van der Waals surface area contributed by atoms with Gasteiger partial charge in [-0.3, -0.25) is 4.79 Å². The van der Waals surface area contributed by atoms with Crippen molar-refractivity contribution in [3.05, 3.63) is 23.8 Å². The third kappa shape index (κ3) is 2.62. The molecule has 1 aromatic carbocycles. The van der Waals surface area contributed by atoms with Crippen LogP contribution in [0.2, 0.25) is 0 Å². The smallest absolute Gasteiger partial charge is 0.253 e. The minimum absolute atomic E-state index is 0.134. The van der Waals surface area contributed by atoms with E-state index in [4.69, 9.17) is 10.9 Å². The summed E-state index contributed by atoms with van der Waals surface area (Å²) in [4.78, 5) is 13.7. The van der Waals surface area contributed by atoms with Crippen LogP contribution in [0.4, 0.5) is 5.69 Å². The Labute approximate surface area is 106 Å². The lowest BCUT2D eigenvalue weighted by Gasteiger charge is -2.16. The average Bonchev–Trinajstić information content (AvgIpc) is 2.79. The number of nitrogens with zero attached hydrogens (tertiary/aromatic N) is 1. The Morgan fingerprint density at radius 3 is 2.33 bits per heavy atom. The molecule has 4 N–H and O–H groups in total. The van der Waals surface area contributed by atoms with Gasteiger partial charge in [-0.1, -0.05) is 0 Å². The lowest BCUT2D eigenvalue weighted by molar-refractivity contribution is 0.0792. The number of carbonyl (C=O) groups is 1. The Kier molecular flexibility index (Phi) is 3.27. The van der Waals surface area contributed by atoms with Crippen LogP contribution in [0.3, 0.4) is 0 Å². The fourth-order valence-corrected chi connectivity index (χ4v) is 2.60. The molecule has 0 spiro atoms. The van der Waals surface area contributed by atoms with Gasteiger partial charge in [0.15, 0.2) is 0 Å². The number of nitrogens with two attached hydrogens (primary N) is 2. The van der Waals surface area contributed by atoms with Crippen LogP contribution in [0.25, 0.3) is 0 Å². The summed E-state index contributed by atoms with van der Waals surface area (Å²) in [5.41, 5.74) is 6.08.